The molecule has 0 radical (unpaired) electrons. The van der Waals surface area contributed by atoms with E-state index in [0.717, 1.165) is 27.0 Å². The molecule has 1 aromatic heterocycles. The zero-order chi connectivity index (χ0) is 14.7. The summed E-state index contributed by atoms with van der Waals surface area (Å²) >= 11 is 3.58. The lowest BCUT2D eigenvalue weighted by Gasteiger charge is -2.08. The van der Waals surface area contributed by atoms with Crippen molar-refractivity contribution in [3.05, 3.63) is 71.3 Å². The third kappa shape index (κ3) is 2.98. The number of methoxy groups -OCH3 is 1. The zero-order valence-corrected chi connectivity index (χ0v) is 13.2. The summed E-state index contributed by atoms with van der Waals surface area (Å²) in [6.45, 7) is 0. The van der Waals surface area contributed by atoms with Crippen molar-refractivity contribution in [2.45, 2.75) is 0 Å². The minimum atomic E-state index is 0.846. The molecule has 0 N–H and O–H groups in total. The van der Waals surface area contributed by atoms with E-state index >= 15 is 0 Å². The molecular weight excluding hydrogens is 326 g/mol. The van der Waals surface area contributed by atoms with Gasteiger partial charge in [0.2, 0.25) is 0 Å². The van der Waals surface area contributed by atoms with Crippen molar-refractivity contribution in [3.63, 3.8) is 0 Å². The predicted octanol–water partition coefficient (Wildman–Crippen LogP) is 5.19. The van der Waals surface area contributed by atoms with E-state index in [1.165, 1.54) is 5.56 Å². The van der Waals surface area contributed by atoms with Crippen molar-refractivity contribution in [2.24, 2.45) is 0 Å². The van der Waals surface area contributed by atoms with Gasteiger partial charge in [-0.05, 0) is 57.4 Å². The van der Waals surface area contributed by atoms with E-state index in [2.05, 4.69) is 39.1 Å². The third-order valence-electron chi connectivity index (χ3n) is 3.33. The molecule has 0 bridgehead atoms. The highest BCUT2D eigenvalue weighted by molar-refractivity contribution is 9.10. The normalized spacial score (nSPS) is 10.4. The molecule has 2 nitrogen and oxygen atoms in total. The SMILES string of the molecule is COc1ccc(-c2cc(-c3ccccc3)c(Br)cn2)cc1. The topological polar surface area (TPSA) is 22.1 Å². The van der Waals surface area contributed by atoms with Crippen molar-refractivity contribution in [1.29, 1.82) is 0 Å². The Morgan fingerprint density at radius 2 is 1.62 bits per heavy atom. The number of nitrogens with zero attached hydrogens (tertiary/aromatic N) is 1. The molecule has 3 aromatic rings. The van der Waals surface area contributed by atoms with Crippen LogP contribution in [-0.2, 0) is 0 Å². The van der Waals surface area contributed by atoms with Crippen LogP contribution < -0.4 is 4.74 Å². The fraction of sp³-hybridized carbons (Fsp3) is 0.0556. The molecule has 3 heteroatoms. The summed E-state index contributed by atoms with van der Waals surface area (Å²) in [6.07, 6.45) is 1.85. The molecule has 0 atom stereocenters. The largest absolute Gasteiger partial charge is 0.497 e. The molecule has 1 heterocycles. The monoisotopic (exact) mass is 339 g/mol. The Morgan fingerprint density at radius 1 is 0.905 bits per heavy atom. The second-order valence-electron chi connectivity index (χ2n) is 4.64. The summed E-state index contributed by atoms with van der Waals surface area (Å²) in [5.74, 6) is 0.846. The molecule has 0 saturated heterocycles. The highest BCUT2D eigenvalue weighted by Crippen LogP contribution is 2.31. The zero-order valence-electron chi connectivity index (χ0n) is 11.6. The van der Waals surface area contributed by atoms with Gasteiger partial charge in [0.05, 0.1) is 12.8 Å². The van der Waals surface area contributed by atoms with Crippen LogP contribution in [0.15, 0.2) is 71.3 Å². The minimum Gasteiger partial charge on any atom is -0.497 e. The van der Waals surface area contributed by atoms with Crippen molar-refractivity contribution < 1.29 is 4.74 Å². The van der Waals surface area contributed by atoms with Crippen molar-refractivity contribution >= 4 is 15.9 Å². The predicted molar refractivity (Wildman–Crippen MR) is 89.4 cm³/mol. The fourth-order valence-electron chi connectivity index (χ4n) is 2.20. The Labute approximate surface area is 132 Å². The number of rotatable bonds is 3. The molecule has 0 aliphatic rings. The van der Waals surface area contributed by atoms with Crippen LogP contribution in [0.3, 0.4) is 0 Å². The molecule has 0 saturated carbocycles. The summed E-state index contributed by atoms with van der Waals surface area (Å²) in [4.78, 5) is 4.50. The highest BCUT2D eigenvalue weighted by Gasteiger charge is 2.07. The maximum atomic E-state index is 5.19. The number of hydrogen-bond donors (Lipinski definition) is 0. The molecule has 0 aliphatic carbocycles. The molecule has 0 spiro atoms. The van der Waals surface area contributed by atoms with E-state index in [1.54, 1.807) is 7.11 Å². The average molecular weight is 340 g/mol. The van der Waals surface area contributed by atoms with E-state index in [-0.39, 0.29) is 0 Å². The molecule has 21 heavy (non-hydrogen) atoms. The summed E-state index contributed by atoms with van der Waals surface area (Å²) < 4.78 is 6.18. The Hall–Kier alpha value is -2.13. The molecule has 3 rings (SSSR count). The van der Waals surface area contributed by atoms with Gasteiger partial charge in [0.1, 0.15) is 5.75 Å². The molecule has 2 aromatic carbocycles. The molecule has 0 unspecified atom stereocenters. The van der Waals surface area contributed by atoms with Crippen molar-refractivity contribution in [2.75, 3.05) is 7.11 Å². The van der Waals surface area contributed by atoms with Crippen LogP contribution in [0.2, 0.25) is 0 Å². The first-order valence-electron chi connectivity index (χ1n) is 6.63. The number of aromatic nitrogens is 1. The van der Waals surface area contributed by atoms with Gasteiger partial charge < -0.3 is 4.74 Å². The highest BCUT2D eigenvalue weighted by atomic mass is 79.9. The smallest absolute Gasteiger partial charge is 0.118 e. The Morgan fingerprint density at radius 3 is 2.29 bits per heavy atom. The Kier molecular flexibility index (Phi) is 4.02. The quantitative estimate of drug-likeness (QED) is 0.655. The van der Waals surface area contributed by atoms with Gasteiger partial charge in [-0.15, -0.1) is 0 Å². The Balaban J connectivity index is 2.04. The maximum Gasteiger partial charge on any atom is 0.118 e. The van der Waals surface area contributed by atoms with Gasteiger partial charge in [0.25, 0.3) is 0 Å². The average Bonchev–Trinajstić information content (AvgIpc) is 2.56. The Bertz CT molecular complexity index is 739. The van der Waals surface area contributed by atoms with Crippen LogP contribution >= 0.6 is 15.9 Å². The van der Waals surface area contributed by atoms with Gasteiger partial charge >= 0.3 is 0 Å². The number of hydrogen-bond acceptors (Lipinski definition) is 2. The van der Waals surface area contributed by atoms with Crippen LogP contribution in [0.1, 0.15) is 0 Å². The second kappa shape index (κ2) is 6.10. The molecule has 0 fully saturated rings. The van der Waals surface area contributed by atoms with Gasteiger partial charge in [-0.2, -0.15) is 0 Å². The summed E-state index contributed by atoms with van der Waals surface area (Å²) in [5.41, 5.74) is 4.32. The van der Waals surface area contributed by atoms with Crippen LogP contribution in [-0.4, -0.2) is 12.1 Å². The number of pyridine rings is 1. The van der Waals surface area contributed by atoms with E-state index in [4.69, 9.17) is 4.74 Å². The number of halogens is 1. The lowest BCUT2D eigenvalue weighted by Crippen LogP contribution is -1.88. The van der Waals surface area contributed by atoms with Gasteiger partial charge in [0.15, 0.2) is 0 Å². The van der Waals surface area contributed by atoms with Crippen LogP contribution in [0, 0.1) is 0 Å². The summed E-state index contributed by atoms with van der Waals surface area (Å²) in [6, 6.07) is 20.3. The van der Waals surface area contributed by atoms with Crippen LogP contribution in [0.5, 0.6) is 5.75 Å². The van der Waals surface area contributed by atoms with E-state index < -0.39 is 0 Å². The maximum absolute atomic E-state index is 5.19. The first kappa shape index (κ1) is 13.8. The molecule has 104 valence electrons. The van der Waals surface area contributed by atoms with E-state index in [9.17, 15) is 0 Å². The first-order valence-corrected chi connectivity index (χ1v) is 7.42. The van der Waals surface area contributed by atoms with Crippen molar-refractivity contribution in [3.8, 4) is 28.1 Å². The molecule has 0 aliphatic heterocycles. The molecule has 0 amide bonds. The van der Waals surface area contributed by atoms with Crippen LogP contribution in [0.4, 0.5) is 0 Å². The third-order valence-corrected chi connectivity index (χ3v) is 3.96. The first-order chi connectivity index (χ1) is 10.3. The van der Waals surface area contributed by atoms with E-state index in [0.29, 0.717) is 0 Å². The lowest BCUT2D eigenvalue weighted by molar-refractivity contribution is 0.415. The van der Waals surface area contributed by atoms with E-state index in [1.807, 2.05) is 48.7 Å². The summed E-state index contributed by atoms with van der Waals surface area (Å²) in [5, 5.41) is 0. The standard InChI is InChI=1S/C18H14BrNO/c1-21-15-9-7-14(8-10-15)18-11-16(17(19)12-20-18)13-5-3-2-4-6-13/h2-12H,1H3. The number of benzene rings is 2. The second-order valence-corrected chi connectivity index (χ2v) is 5.50. The van der Waals surface area contributed by atoms with Crippen molar-refractivity contribution in [1.82, 2.24) is 4.98 Å². The summed E-state index contributed by atoms with van der Waals surface area (Å²) in [7, 11) is 1.67. The van der Waals surface area contributed by atoms with Gasteiger partial charge in [-0.1, -0.05) is 30.3 Å². The van der Waals surface area contributed by atoms with Gasteiger partial charge in [-0.25, -0.2) is 0 Å². The lowest BCUT2D eigenvalue weighted by atomic mass is 10.0. The number of ether oxygens (including phenoxy) is 1. The van der Waals surface area contributed by atoms with Crippen LogP contribution in [0.25, 0.3) is 22.4 Å². The minimum absolute atomic E-state index is 0.846. The molecular formula is C18H14BrNO. The van der Waals surface area contributed by atoms with Gasteiger partial charge in [0, 0.05) is 16.2 Å². The van der Waals surface area contributed by atoms with Gasteiger partial charge in [-0.3, -0.25) is 4.98 Å². The fourth-order valence-corrected chi connectivity index (χ4v) is 2.64.